The number of hydrogen-bond donors (Lipinski definition) is 2. The summed E-state index contributed by atoms with van der Waals surface area (Å²) in [4.78, 5) is 16.3. The van der Waals surface area contributed by atoms with Gasteiger partial charge in [0.05, 0.1) is 6.33 Å². The first kappa shape index (κ1) is 15.0. The Morgan fingerprint density at radius 1 is 1.45 bits per heavy atom. The molecule has 1 aromatic heterocycles. The van der Waals surface area contributed by atoms with Crippen LogP contribution in [0, 0.1) is 0 Å². The van der Waals surface area contributed by atoms with Gasteiger partial charge in [0.2, 0.25) is 5.91 Å². The summed E-state index contributed by atoms with van der Waals surface area (Å²) in [6, 6.07) is 0. The summed E-state index contributed by atoms with van der Waals surface area (Å²) < 4.78 is 1.99. The molecule has 1 amide bonds. The Hall–Kier alpha value is -1.36. The van der Waals surface area contributed by atoms with E-state index >= 15 is 0 Å². The molecule has 1 aliphatic heterocycles. The summed E-state index contributed by atoms with van der Waals surface area (Å²) in [6.45, 7) is 10.6. The fourth-order valence-electron chi connectivity index (χ4n) is 2.80. The van der Waals surface area contributed by atoms with Crippen molar-refractivity contribution in [3.05, 3.63) is 18.2 Å². The van der Waals surface area contributed by atoms with Gasteiger partial charge in [-0.2, -0.15) is 0 Å². The number of rotatable bonds is 3. The highest BCUT2D eigenvalue weighted by Gasteiger charge is 2.32. The van der Waals surface area contributed by atoms with Crippen LogP contribution in [0.5, 0.6) is 0 Å². The second kappa shape index (κ2) is 5.56. The minimum Gasteiger partial charge on any atom is -0.350 e. The molecule has 5 heteroatoms. The van der Waals surface area contributed by atoms with Crippen LogP contribution in [0.3, 0.4) is 0 Å². The van der Waals surface area contributed by atoms with Gasteiger partial charge >= 0.3 is 0 Å². The third kappa shape index (κ3) is 3.60. The van der Waals surface area contributed by atoms with Gasteiger partial charge in [0.25, 0.3) is 0 Å². The zero-order valence-corrected chi connectivity index (χ0v) is 13.0. The average molecular weight is 278 g/mol. The molecule has 112 valence electrons. The van der Waals surface area contributed by atoms with E-state index in [1.165, 1.54) is 5.69 Å². The average Bonchev–Trinajstić information content (AvgIpc) is 2.76. The first-order valence-corrected chi connectivity index (χ1v) is 7.32. The fourth-order valence-corrected chi connectivity index (χ4v) is 2.80. The second-order valence-corrected chi connectivity index (χ2v) is 7.02. The van der Waals surface area contributed by atoms with Crippen LogP contribution in [0.1, 0.15) is 46.2 Å². The van der Waals surface area contributed by atoms with Gasteiger partial charge in [0, 0.05) is 22.8 Å². The van der Waals surface area contributed by atoms with Gasteiger partial charge in [-0.25, -0.2) is 4.98 Å². The van der Waals surface area contributed by atoms with E-state index in [0.29, 0.717) is 6.54 Å². The highest BCUT2D eigenvalue weighted by Crippen LogP contribution is 2.32. The molecule has 0 saturated carbocycles. The molecule has 1 aliphatic rings. The Bertz CT molecular complexity index is 466. The lowest BCUT2D eigenvalue weighted by molar-refractivity contribution is -0.123. The number of nitrogens with zero attached hydrogens (tertiary/aromatic N) is 2. The number of carbonyl (C=O) groups is 1. The van der Waals surface area contributed by atoms with E-state index in [2.05, 4.69) is 22.5 Å². The maximum atomic E-state index is 12.1. The topological polar surface area (TPSA) is 59.0 Å². The minimum absolute atomic E-state index is 0.0364. The molecule has 1 saturated heterocycles. The van der Waals surface area contributed by atoms with Crippen LogP contribution < -0.4 is 10.6 Å². The van der Waals surface area contributed by atoms with Crippen LogP contribution >= 0.6 is 0 Å². The molecule has 2 N–H and O–H groups in total. The van der Waals surface area contributed by atoms with E-state index < -0.39 is 0 Å². The molecule has 0 aromatic carbocycles. The van der Waals surface area contributed by atoms with Gasteiger partial charge in [-0.05, 0) is 46.7 Å². The van der Waals surface area contributed by atoms with Crippen molar-refractivity contribution in [3.63, 3.8) is 0 Å². The van der Waals surface area contributed by atoms with Gasteiger partial charge in [0.15, 0.2) is 0 Å². The fraction of sp³-hybridized carbons (Fsp3) is 0.733. The number of aromatic nitrogens is 2. The largest absolute Gasteiger partial charge is 0.350 e. The Morgan fingerprint density at radius 2 is 2.10 bits per heavy atom. The van der Waals surface area contributed by atoms with Gasteiger partial charge in [-0.3, -0.25) is 4.79 Å². The van der Waals surface area contributed by atoms with Gasteiger partial charge in [0.1, 0.15) is 6.54 Å². The van der Waals surface area contributed by atoms with Gasteiger partial charge in [-0.1, -0.05) is 6.92 Å². The van der Waals surface area contributed by atoms with Crippen molar-refractivity contribution in [1.82, 2.24) is 20.2 Å². The first-order chi connectivity index (χ1) is 9.30. The molecule has 0 unspecified atom stereocenters. The standard InChI is InChI=1S/C15H26N4O/c1-14(2,3)18-13(20)10-19-11-17-9-12(19)15(4)5-7-16-8-6-15/h9,11,16H,5-8,10H2,1-4H3,(H,18,20). The van der Waals surface area contributed by atoms with Crippen molar-refractivity contribution in [1.29, 1.82) is 0 Å². The van der Waals surface area contributed by atoms with Crippen LogP contribution in [0.4, 0.5) is 0 Å². The van der Waals surface area contributed by atoms with E-state index in [4.69, 9.17) is 0 Å². The van der Waals surface area contributed by atoms with Crippen molar-refractivity contribution in [2.24, 2.45) is 0 Å². The summed E-state index contributed by atoms with van der Waals surface area (Å²) in [6.07, 6.45) is 5.85. The normalized spacial score (nSPS) is 18.8. The molecule has 2 heterocycles. The van der Waals surface area contributed by atoms with Gasteiger partial charge < -0.3 is 15.2 Å². The molecular formula is C15H26N4O. The smallest absolute Gasteiger partial charge is 0.240 e. The third-order valence-electron chi connectivity index (χ3n) is 3.87. The zero-order valence-electron chi connectivity index (χ0n) is 13.0. The summed E-state index contributed by atoms with van der Waals surface area (Å²) in [5.41, 5.74) is 1.09. The summed E-state index contributed by atoms with van der Waals surface area (Å²) >= 11 is 0. The quantitative estimate of drug-likeness (QED) is 0.879. The third-order valence-corrected chi connectivity index (χ3v) is 3.87. The predicted octanol–water partition coefficient (Wildman–Crippen LogP) is 1.44. The van der Waals surface area contributed by atoms with Crippen LogP contribution in [0.15, 0.2) is 12.5 Å². The molecular weight excluding hydrogens is 252 g/mol. The maximum absolute atomic E-state index is 12.1. The van der Waals surface area contributed by atoms with E-state index in [9.17, 15) is 4.79 Å². The lowest BCUT2D eigenvalue weighted by Gasteiger charge is -2.34. The van der Waals surface area contributed by atoms with Crippen molar-refractivity contribution in [2.75, 3.05) is 13.1 Å². The first-order valence-electron chi connectivity index (χ1n) is 7.32. The van der Waals surface area contributed by atoms with Crippen LogP contribution in [-0.2, 0) is 16.8 Å². The minimum atomic E-state index is -0.198. The lowest BCUT2D eigenvalue weighted by atomic mass is 9.78. The monoisotopic (exact) mass is 278 g/mol. The molecule has 1 aromatic rings. The molecule has 5 nitrogen and oxygen atoms in total. The van der Waals surface area contributed by atoms with Crippen LogP contribution in [0.25, 0.3) is 0 Å². The second-order valence-electron chi connectivity index (χ2n) is 7.02. The SMILES string of the molecule is CC(C)(C)NC(=O)Cn1cncc1C1(C)CCNCC1. The molecule has 20 heavy (non-hydrogen) atoms. The zero-order chi connectivity index (χ0) is 14.8. The molecule has 2 rings (SSSR count). The Balaban J connectivity index is 2.10. The number of nitrogens with one attached hydrogen (secondary N) is 2. The molecule has 0 bridgehead atoms. The molecule has 0 spiro atoms. The molecule has 0 radical (unpaired) electrons. The Labute approximate surface area is 121 Å². The van der Waals surface area contributed by atoms with Gasteiger partial charge in [-0.15, -0.1) is 0 Å². The van der Waals surface area contributed by atoms with Crippen molar-refractivity contribution in [3.8, 4) is 0 Å². The summed E-state index contributed by atoms with van der Waals surface area (Å²) in [5.74, 6) is 0.0364. The number of imidazole rings is 1. The number of amides is 1. The molecule has 0 aliphatic carbocycles. The molecule has 0 atom stereocenters. The van der Waals surface area contributed by atoms with Crippen LogP contribution in [0.2, 0.25) is 0 Å². The molecule has 1 fully saturated rings. The Morgan fingerprint density at radius 3 is 2.70 bits per heavy atom. The number of hydrogen-bond acceptors (Lipinski definition) is 3. The van der Waals surface area contributed by atoms with E-state index in [1.807, 2.05) is 31.5 Å². The highest BCUT2D eigenvalue weighted by molar-refractivity contribution is 5.76. The van der Waals surface area contributed by atoms with Crippen molar-refractivity contribution >= 4 is 5.91 Å². The summed E-state index contributed by atoms with van der Waals surface area (Å²) in [7, 11) is 0. The van der Waals surface area contributed by atoms with Crippen molar-refractivity contribution in [2.45, 2.75) is 58.0 Å². The summed E-state index contributed by atoms with van der Waals surface area (Å²) in [5, 5.41) is 6.38. The lowest BCUT2D eigenvalue weighted by Crippen LogP contribution is -2.43. The van der Waals surface area contributed by atoms with E-state index in [1.54, 1.807) is 6.33 Å². The predicted molar refractivity (Wildman–Crippen MR) is 79.6 cm³/mol. The Kier molecular flexibility index (Phi) is 4.18. The van der Waals surface area contributed by atoms with Crippen LogP contribution in [-0.4, -0.2) is 34.1 Å². The highest BCUT2D eigenvalue weighted by atomic mass is 16.2. The van der Waals surface area contributed by atoms with Crippen molar-refractivity contribution < 1.29 is 4.79 Å². The van der Waals surface area contributed by atoms with E-state index in [0.717, 1.165) is 25.9 Å². The van der Waals surface area contributed by atoms with E-state index in [-0.39, 0.29) is 16.9 Å². The number of piperidine rings is 1. The maximum Gasteiger partial charge on any atom is 0.240 e. The number of carbonyl (C=O) groups excluding carboxylic acids is 1.